The molecule has 0 saturated carbocycles. The van der Waals surface area contributed by atoms with Gasteiger partial charge in [-0.25, -0.2) is 9.97 Å². The number of hydrogen-bond donors (Lipinski definition) is 2. The molecule has 7 nitrogen and oxygen atoms in total. The number of fused-ring (bicyclic) bond motifs is 6. The highest BCUT2D eigenvalue weighted by Gasteiger charge is 2.22. The number of pyridine rings is 1. The number of piperazine rings is 1. The maximum Gasteiger partial charge on any atom is 0.258 e. The molecule has 0 spiro atoms. The number of nitrogens with zero attached hydrogens (tertiary/aromatic N) is 4. The molecule has 2 N–H and O–H groups in total. The van der Waals surface area contributed by atoms with E-state index < -0.39 is 0 Å². The molecule has 7 heteroatoms. The molecular formula is C44H45N5O2. The van der Waals surface area contributed by atoms with E-state index in [9.17, 15) is 9.90 Å². The Hall–Kier alpha value is -5.27. The number of benzene rings is 4. The van der Waals surface area contributed by atoms with Crippen molar-refractivity contribution in [1.82, 2.24) is 19.9 Å². The fourth-order valence-corrected chi connectivity index (χ4v) is 8.09. The van der Waals surface area contributed by atoms with Crippen LogP contribution >= 0.6 is 0 Å². The number of para-hydroxylation sites is 2. The molecule has 258 valence electrons. The van der Waals surface area contributed by atoms with Crippen molar-refractivity contribution in [2.75, 3.05) is 37.6 Å². The molecule has 0 bridgehead atoms. The van der Waals surface area contributed by atoms with Crippen molar-refractivity contribution >= 4 is 44.0 Å². The second-order valence-electron chi connectivity index (χ2n) is 14.1. The van der Waals surface area contributed by atoms with Gasteiger partial charge in [0, 0.05) is 31.6 Å². The first-order chi connectivity index (χ1) is 25.0. The Morgan fingerprint density at radius 3 is 2.51 bits per heavy atom. The van der Waals surface area contributed by atoms with Crippen molar-refractivity contribution in [3.63, 3.8) is 0 Å². The lowest BCUT2D eigenvalue weighted by atomic mass is 9.79. The molecular weight excluding hydrogens is 631 g/mol. The average molecular weight is 676 g/mol. The van der Waals surface area contributed by atoms with Crippen LogP contribution in [0.15, 0.2) is 108 Å². The molecule has 0 unspecified atom stereocenters. The van der Waals surface area contributed by atoms with Gasteiger partial charge in [-0.3, -0.25) is 9.69 Å². The highest BCUT2D eigenvalue weighted by molar-refractivity contribution is 5.94. The van der Waals surface area contributed by atoms with Crippen molar-refractivity contribution in [3.8, 4) is 5.75 Å². The van der Waals surface area contributed by atoms with Gasteiger partial charge in [0.2, 0.25) is 0 Å². The Bertz CT molecular complexity index is 2340. The molecule has 4 aromatic carbocycles. The van der Waals surface area contributed by atoms with Crippen LogP contribution in [-0.2, 0) is 12.8 Å². The van der Waals surface area contributed by atoms with Gasteiger partial charge in [-0.05, 0) is 121 Å². The zero-order valence-corrected chi connectivity index (χ0v) is 29.4. The summed E-state index contributed by atoms with van der Waals surface area (Å²) < 4.78 is 0. The van der Waals surface area contributed by atoms with E-state index in [1.165, 1.54) is 77.9 Å². The summed E-state index contributed by atoms with van der Waals surface area (Å²) in [7, 11) is 0. The molecule has 6 aromatic rings. The van der Waals surface area contributed by atoms with E-state index in [1.807, 2.05) is 48.5 Å². The molecule has 0 amide bonds. The maximum atomic E-state index is 11.1. The lowest BCUT2D eigenvalue weighted by Crippen LogP contribution is -2.47. The predicted molar refractivity (Wildman–Crippen MR) is 210 cm³/mol. The van der Waals surface area contributed by atoms with Crippen LogP contribution in [0.5, 0.6) is 5.75 Å². The van der Waals surface area contributed by atoms with Crippen LogP contribution in [-0.4, -0.2) is 57.7 Å². The normalized spacial score (nSPS) is 15.9. The number of allylic oxidation sites excluding steroid dienone is 4. The first-order valence-corrected chi connectivity index (χ1v) is 18.4. The number of aromatic hydroxyl groups is 1. The second kappa shape index (κ2) is 14.5. The Labute approximate surface area is 299 Å². The van der Waals surface area contributed by atoms with Crippen LogP contribution < -0.4 is 10.5 Å². The molecule has 1 aliphatic heterocycles. The third-order valence-corrected chi connectivity index (χ3v) is 10.9. The standard InChI is InChI=1S/C36H39N3O.C8H6N2O/c1-25-22-33-28(14-16-31-30-11-4-2-8-26(30)13-15-32(31)33)23-27(25)9-6-7-17-38-18-20-39(21-19-38)36-35(40)24-29-10-3-5-12-34(29)37-36;11-8-6-3-1-2-4-7(6)9-5-10-8/h3-5,10-12,14,16,22-24,40H,2,6-9,13,15,17-21H2,1H3;1-5H,(H,9,10,11). The number of unbranched alkanes of at least 4 members (excludes halogenated alkanes) is 1. The molecule has 3 aliphatic rings. The number of aromatic amines is 1. The molecule has 2 aliphatic carbocycles. The minimum Gasteiger partial charge on any atom is -0.504 e. The van der Waals surface area contributed by atoms with Crippen molar-refractivity contribution in [2.24, 2.45) is 0 Å². The second-order valence-corrected chi connectivity index (χ2v) is 14.1. The lowest BCUT2D eigenvalue weighted by molar-refractivity contribution is 0.252. The van der Waals surface area contributed by atoms with Crippen molar-refractivity contribution in [1.29, 1.82) is 0 Å². The highest BCUT2D eigenvalue weighted by Crippen LogP contribution is 2.40. The molecule has 2 aromatic heterocycles. The predicted octanol–water partition coefficient (Wildman–Crippen LogP) is 8.52. The molecule has 0 radical (unpaired) electrons. The molecule has 0 atom stereocenters. The van der Waals surface area contributed by atoms with E-state index in [-0.39, 0.29) is 11.3 Å². The topological polar surface area (TPSA) is 85.4 Å². The van der Waals surface area contributed by atoms with Crippen molar-refractivity contribution in [2.45, 2.75) is 51.9 Å². The van der Waals surface area contributed by atoms with Gasteiger partial charge in [0.25, 0.3) is 5.56 Å². The van der Waals surface area contributed by atoms with Crippen LogP contribution in [0.25, 0.3) is 38.2 Å². The number of aryl methyl sites for hydroxylation is 3. The van der Waals surface area contributed by atoms with Gasteiger partial charge in [-0.2, -0.15) is 0 Å². The minimum absolute atomic E-state index is 0.0874. The number of nitrogens with one attached hydrogen (secondary N) is 1. The van der Waals surface area contributed by atoms with Crippen LogP contribution in [0.2, 0.25) is 0 Å². The van der Waals surface area contributed by atoms with Crippen LogP contribution in [0, 0.1) is 6.92 Å². The van der Waals surface area contributed by atoms with Crippen molar-refractivity contribution < 1.29 is 5.11 Å². The fraction of sp³-hybridized carbons (Fsp3) is 0.295. The number of aromatic nitrogens is 3. The first-order valence-electron chi connectivity index (χ1n) is 18.4. The Balaban J connectivity index is 0.000000289. The molecule has 3 heterocycles. The minimum atomic E-state index is -0.0874. The van der Waals surface area contributed by atoms with E-state index in [4.69, 9.17) is 4.98 Å². The summed E-state index contributed by atoms with van der Waals surface area (Å²) in [5.74, 6) is 1.00. The Morgan fingerprint density at radius 1 is 0.824 bits per heavy atom. The van der Waals surface area contributed by atoms with E-state index in [2.05, 4.69) is 63.1 Å². The Kier molecular flexibility index (Phi) is 9.37. The van der Waals surface area contributed by atoms with Crippen LogP contribution in [0.4, 0.5) is 5.82 Å². The Morgan fingerprint density at radius 2 is 1.65 bits per heavy atom. The molecule has 51 heavy (non-hydrogen) atoms. The fourth-order valence-electron chi connectivity index (χ4n) is 8.09. The quantitative estimate of drug-likeness (QED) is 0.172. The average Bonchev–Trinajstić information content (AvgIpc) is 3.17. The summed E-state index contributed by atoms with van der Waals surface area (Å²) in [6.45, 7) is 7.28. The van der Waals surface area contributed by atoms with Gasteiger partial charge in [-0.15, -0.1) is 0 Å². The number of rotatable bonds is 6. The van der Waals surface area contributed by atoms with Gasteiger partial charge in [0.15, 0.2) is 11.6 Å². The molecule has 9 rings (SSSR count). The van der Waals surface area contributed by atoms with Crippen LogP contribution in [0.3, 0.4) is 0 Å². The van der Waals surface area contributed by atoms with E-state index in [1.54, 1.807) is 17.2 Å². The summed E-state index contributed by atoms with van der Waals surface area (Å²) in [6, 6.07) is 26.8. The first kappa shape index (κ1) is 32.9. The van der Waals surface area contributed by atoms with Gasteiger partial charge in [-0.1, -0.05) is 72.3 Å². The third-order valence-electron chi connectivity index (χ3n) is 10.9. The highest BCUT2D eigenvalue weighted by atomic mass is 16.3. The smallest absolute Gasteiger partial charge is 0.258 e. The summed E-state index contributed by atoms with van der Waals surface area (Å²) in [5, 5.41) is 15.1. The largest absolute Gasteiger partial charge is 0.504 e. The third kappa shape index (κ3) is 6.91. The monoisotopic (exact) mass is 675 g/mol. The lowest BCUT2D eigenvalue weighted by Gasteiger charge is -2.35. The zero-order chi connectivity index (χ0) is 34.7. The summed E-state index contributed by atoms with van der Waals surface area (Å²) in [6.07, 6.45) is 14.5. The number of hydrogen-bond acceptors (Lipinski definition) is 6. The number of H-pyrrole nitrogens is 1. The van der Waals surface area contributed by atoms with Gasteiger partial charge in [0.05, 0.1) is 22.7 Å². The van der Waals surface area contributed by atoms with Gasteiger partial charge >= 0.3 is 0 Å². The SMILES string of the molecule is Cc1cc2c3c(ccc2cc1CCCCN1CCN(c2nc4ccccc4cc2O)CC1)C1=C(CCC=C1)CC3.O=c1[nH]cnc2ccccc12. The van der Waals surface area contributed by atoms with E-state index >= 15 is 0 Å². The molecule has 1 saturated heterocycles. The summed E-state index contributed by atoms with van der Waals surface area (Å²) >= 11 is 0. The van der Waals surface area contributed by atoms with Crippen molar-refractivity contribution in [3.05, 3.63) is 136 Å². The van der Waals surface area contributed by atoms with E-state index in [0.29, 0.717) is 5.39 Å². The van der Waals surface area contributed by atoms with Crippen LogP contribution in [0.1, 0.15) is 54.4 Å². The van der Waals surface area contributed by atoms with Gasteiger partial charge < -0.3 is 15.0 Å². The molecule has 1 fully saturated rings. The van der Waals surface area contributed by atoms with Gasteiger partial charge in [0.1, 0.15) is 0 Å². The van der Waals surface area contributed by atoms with E-state index in [0.717, 1.165) is 61.4 Å². The summed E-state index contributed by atoms with van der Waals surface area (Å²) in [4.78, 5) is 27.1. The number of anilines is 1. The summed E-state index contributed by atoms with van der Waals surface area (Å²) in [5.41, 5.74) is 10.7. The maximum absolute atomic E-state index is 11.1. The zero-order valence-electron chi connectivity index (χ0n) is 29.4.